The van der Waals surface area contributed by atoms with E-state index >= 15 is 0 Å². The predicted molar refractivity (Wildman–Crippen MR) is 83.5 cm³/mol. The first-order valence-electron chi connectivity index (χ1n) is 7.51. The lowest BCUT2D eigenvalue weighted by Gasteiger charge is -2.31. The summed E-state index contributed by atoms with van der Waals surface area (Å²) >= 11 is 0. The van der Waals surface area contributed by atoms with Crippen LogP contribution in [0.15, 0.2) is 30.3 Å². The first-order chi connectivity index (χ1) is 11.1. The highest BCUT2D eigenvalue weighted by atomic mass is 16.6. The van der Waals surface area contributed by atoms with Gasteiger partial charge in [-0.2, -0.15) is 4.85 Å². The van der Waals surface area contributed by atoms with Crippen molar-refractivity contribution in [2.24, 2.45) is 0 Å². The van der Waals surface area contributed by atoms with Crippen molar-refractivity contribution in [3.8, 4) is 5.69 Å². The zero-order valence-electron chi connectivity index (χ0n) is 12.8. The van der Waals surface area contributed by atoms with Crippen LogP contribution < -0.4 is 9.75 Å². The lowest BCUT2D eigenvalue weighted by molar-refractivity contribution is -0.677. The quantitative estimate of drug-likeness (QED) is 0.354. The smallest absolute Gasteiger partial charge is 0.428 e. The zero-order chi connectivity index (χ0) is 16.4. The van der Waals surface area contributed by atoms with Crippen LogP contribution in [0.25, 0.3) is 5.69 Å². The Balaban J connectivity index is 1.99. The fourth-order valence-corrected chi connectivity index (χ4v) is 2.73. The van der Waals surface area contributed by atoms with Crippen LogP contribution in [0.1, 0.15) is 6.92 Å². The molecule has 1 fully saturated rings. The number of likely N-dealkylation sites (N-methyl/N-ethyl adjacent to an activating group) is 1. The molecule has 0 unspecified atom stereocenters. The summed E-state index contributed by atoms with van der Waals surface area (Å²) in [4.78, 5) is 16.2. The van der Waals surface area contributed by atoms with Crippen molar-refractivity contribution in [3.63, 3.8) is 0 Å². The second-order valence-electron chi connectivity index (χ2n) is 5.32. The third kappa shape index (κ3) is 2.82. The Hall–Kier alpha value is -2.68. The maximum Gasteiger partial charge on any atom is 0.428 e. The van der Waals surface area contributed by atoms with Gasteiger partial charge in [0.25, 0.3) is 0 Å². The van der Waals surface area contributed by atoms with E-state index in [4.69, 9.17) is 0 Å². The standard InChI is InChI=1S/C14H18N6O3/c1-2-16-8-10-17(11-9-16)14-13(20(22)23)15-18(19(14)21)12-6-4-3-5-7-12/h3-7H,2,8-11H2,1H3. The number of nitro groups is 1. The van der Waals surface area contributed by atoms with Gasteiger partial charge in [-0.25, -0.2) is 0 Å². The molecule has 0 N–H and O–H groups in total. The summed E-state index contributed by atoms with van der Waals surface area (Å²) in [5.74, 6) is -0.400. The normalized spacial score (nSPS) is 15.8. The van der Waals surface area contributed by atoms with E-state index in [2.05, 4.69) is 16.9 Å². The van der Waals surface area contributed by atoms with Crippen molar-refractivity contribution in [2.75, 3.05) is 37.6 Å². The summed E-state index contributed by atoms with van der Waals surface area (Å²) in [6.45, 7) is 5.67. The first-order valence-corrected chi connectivity index (χ1v) is 7.51. The minimum absolute atomic E-state index is 0.00889. The lowest BCUT2D eigenvalue weighted by Crippen LogP contribution is -2.51. The molecular weight excluding hydrogens is 300 g/mol. The molecule has 3 rings (SSSR count). The van der Waals surface area contributed by atoms with E-state index in [-0.39, 0.29) is 5.82 Å². The monoisotopic (exact) mass is 318 g/mol. The Morgan fingerprint density at radius 3 is 2.43 bits per heavy atom. The summed E-state index contributed by atoms with van der Waals surface area (Å²) in [5.41, 5.74) is 0.490. The molecule has 0 aliphatic carbocycles. The van der Waals surface area contributed by atoms with Gasteiger partial charge in [0.05, 0.1) is 13.1 Å². The first kappa shape index (κ1) is 15.2. The molecule has 9 nitrogen and oxygen atoms in total. The number of hydrogen-bond acceptors (Lipinski definition) is 6. The zero-order valence-corrected chi connectivity index (χ0v) is 12.8. The predicted octanol–water partition coefficient (Wildman–Crippen LogP) is 0.556. The van der Waals surface area contributed by atoms with Crippen molar-refractivity contribution >= 4 is 11.6 Å². The molecule has 0 spiro atoms. The van der Waals surface area contributed by atoms with Crippen molar-refractivity contribution in [1.29, 1.82) is 0 Å². The Kier molecular flexibility index (Phi) is 4.11. The fraction of sp³-hybridized carbons (Fsp3) is 0.429. The van der Waals surface area contributed by atoms with E-state index < -0.39 is 10.7 Å². The largest absolute Gasteiger partial charge is 0.723 e. The maximum atomic E-state index is 12.6. The minimum atomic E-state index is -0.602. The van der Waals surface area contributed by atoms with E-state index in [1.807, 2.05) is 0 Å². The van der Waals surface area contributed by atoms with Crippen LogP contribution in [0.2, 0.25) is 0 Å². The van der Waals surface area contributed by atoms with Crippen LogP contribution in [0.5, 0.6) is 0 Å². The number of rotatable bonds is 4. The molecule has 1 saturated heterocycles. The van der Waals surface area contributed by atoms with E-state index in [1.54, 1.807) is 35.2 Å². The van der Waals surface area contributed by atoms with E-state index in [0.717, 1.165) is 24.4 Å². The molecule has 1 aliphatic rings. The van der Waals surface area contributed by atoms with Crippen molar-refractivity contribution in [3.05, 3.63) is 45.7 Å². The average Bonchev–Trinajstić information content (AvgIpc) is 2.93. The third-order valence-corrected chi connectivity index (χ3v) is 4.02. The molecule has 1 aromatic heterocycles. The Labute approximate surface area is 133 Å². The van der Waals surface area contributed by atoms with Crippen LogP contribution in [0.4, 0.5) is 11.6 Å². The van der Waals surface area contributed by atoms with Gasteiger partial charge in [0.1, 0.15) is 5.69 Å². The molecule has 0 bridgehead atoms. The number of para-hydroxylation sites is 1. The molecule has 2 heterocycles. The second-order valence-corrected chi connectivity index (χ2v) is 5.32. The van der Waals surface area contributed by atoms with E-state index in [9.17, 15) is 15.3 Å². The van der Waals surface area contributed by atoms with Crippen LogP contribution in [0.3, 0.4) is 0 Å². The molecule has 0 atom stereocenters. The molecular formula is C14H18N6O3. The summed E-state index contributed by atoms with van der Waals surface area (Å²) in [6.07, 6.45) is 0. The highest BCUT2D eigenvalue weighted by Crippen LogP contribution is 2.24. The van der Waals surface area contributed by atoms with Crippen molar-refractivity contribution in [1.82, 2.24) is 14.8 Å². The van der Waals surface area contributed by atoms with Gasteiger partial charge in [0.2, 0.25) is 0 Å². The van der Waals surface area contributed by atoms with Gasteiger partial charge in [-0.15, -0.1) is 0 Å². The topological polar surface area (TPSA) is 94.4 Å². The fourth-order valence-electron chi connectivity index (χ4n) is 2.73. The number of benzene rings is 1. The Bertz CT molecular complexity index is 694. The number of hydrogen-bond donors (Lipinski definition) is 0. The molecule has 0 radical (unpaired) electrons. The van der Waals surface area contributed by atoms with Gasteiger partial charge in [-0.3, -0.25) is 9.80 Å². The molecule has 23 heavy (non-hydrogen) atoms. The highest BCUT2D eigenvalue weighted by molar-refractivity contribution is 5.49. The summed E-state index contributed by atoms with van der Waals surface area (Å²) < 4.78 is 0. The number of nitrogens with zero attached hydrogens (tertiary/aromatic N) is 6. The van der Waals surface area contributed by atoms with Gasteiger partial charge in [-0.1, -0.05) is 29.9 Å². The van der Waals surface area contributed by atoms with E-state index in [0.29, 0.717) is 23.6 Å². The summed E-state index contributed by atoms with van der Waals surface area (Å²) in [7, 11) is 0. The molecule has 0 amide bonds. The average molecular weight is 318 g/mol. The Morgan fingerprint density at radius 1 is 1.22 bits per heavy atom. The molecule has 1 aromatic carbocycles. The van der Waals surface area contributed by atoms with Crippen LogP contribution in [0, 0.1) is 15.3 Å². The minimum Gasteiger partial charge on any atom is -0.723 e. The third-order valence-electron chi connectivity index (χ3n) is 4.02. The van der Waals surface area contributed by atoms with E-state index in [1.165, 1.54) is 0 Å². The lowest BCUT2D eigenvalue weighted by atomic mass is 10.3. The molecule has 1 aliphatic heterocycles. The SMILES string of the molecule is CCN1CCN(c2c([N+](=O)[O-])nn(-c3ccccc3)[n+]2[O-])CC1. The number of piperazine rings is 1. The Morgan fingerprint density at radius 2 is 1.87 bits per heavy atom. The van der Waals surface area contributed by atoms with Gasteiger partial charge >= 0.3 is 11.6 Å². The van der Waals surface area contributed by atoms with Crippen LogP contribution in [-0.2, 0) is 0 Å². The second kappa shape index (κ2) is 6.21. The van der Waals surface area contributed by atoms with Crippen molar-refractivity contribution in [2.45, 2.75) is 6.92 Å². The number of anilines is 1. The van der Waals surface area contributed by atoms with Gasteiger partial charge in [0.15, 0.2) is 0 Å². The highest BCUT2D eigenvalue weighted by Gasteiger charge is 2.34. The summed E-state index contributed by atoms with van der Waals surface area (Å²) in [5, 5.41) is 27.8. The van der Waals surface area contributed by atoms with Crippen molar-refractivity contribution < 1.29 is 9.77 Å². The van der Waals surface area contributed by atoms with Gasteiger partial charge in [-0.05, 0) is 23.6 Å². The summed E-state index contributed by atoms with van der Waals surface area (Å²) in [6, 6.07) is 8.68. The van der Waals surface area contributed by atoms with Crippen LogP contribution >= 0.6 is 0 Å². The van der Waals surface area contributed by atoms with Crippen LogP contribution in [-0.4, -0.2) is 52.4 Å². The maximum absolute atomic E-state index is 12.6. The molecule has 9 heteroatoms. The molecule has 2 aromatic rings. The van der Waals surface area contributed by atoms with Gasteiger partial charge < -0.3 is 15.3 Å². The number of aromatic nitrogens is 3. The molecule has 0 saturated carbocycles. The molecule has 122 valence electrons. The van der Waals surface area contributed by atoms with Gasteiger partial charge in [0, 0.05) is 18.2 Å².